The van der Waals surface area contributed by atoms with Gasteiger partial charge in [-0.25, -0.2) is 0 Å². The van der Waals surface area contributed by atoms with E-state index in [1.807, 2.05) is 0 Å². The Morgan fingerprint density at radius 3 is 1.89 bits per heavy atom. The normalized spacial score (nSPS) is 9.56. The molecule has 1 aromatic carbocycles. The minimum atomic E-state index is 1.39. The molecule has 0 aliphatic heterocycles. The van der Waals surface area contributed by atoms with E-state index in [1.165, 1.54) is 14.7 Å². The van der Waals surface area contributed by atoms with Gasteiger partial charge in [0, 0.05) is 0 Å². The van der Waals surface area contributed by atoms with Crippen LogP contribution < -0.4 is 3.61 Å². The SMILES string of the molecule is Cc1cccc(C)c1[Te]. The van der Waals surface area contributed by atoms with Gasteiger partial charge in [-0.05, 0) is 0 Å². The molecule has 0 fully saturated rings. The summed E-state index contributed by atoms with van der Waals surface area (Å²) in [5.74, 6) is 0. The van der Waals surface area contributed by atoms with Gasteiger partial charge in [0.25, 0.3) is 0 Å². The maximum absolute atomic E-state index is 2.14. The molecule has 0 amide bonds. The molecule has 0 aromatic heterocycles. The van der Waals surface area contributed by atoms with Crippen molar-refractivity contribution in [2.24, 2.45) is 0 Å². The zero-order chi connectivity index (χ0) is 6.85. The van der Waals surface area contributed by atoms with E-state index in [4.69, 9.17) is 0 Å². The molecule has 0 unspecified atom stereocenters. The van der Waals surface area contributed by atoms with Crippen molar-refractivity contribution in [1.82, 2.24) is 0 Å². The molecular formula is C8H9Te. The number of rotatable bonds is 0. The molecule has 47 valence electrons. The Balaban J connectivity index is 3.25. The van der Waals surface area contributed by atoms with E-state index in [2.05, 4.69) is 54.3 Å². The molecule has 0 nitrogen and oxygen atoms in total. The van der Waals surface area contributed by atoms with E-state index in [-0.39, 0.29) is 0 Å². The second kappa shape index (κ2) is 2.73. The third-order valence-corrected chi connectivity index (χ3v) is 3.25. The molecule has 1 aromatic rings. The first kappa shape index (κ1) is 7.12. The fraction of sp³-hybridized carbons (Fsp3) is 0.250. The summed E-state index contributed by atoms with van der Waals surface area (Å²) in [5, 5.41) is 0. The van der Waals surface area contributed by atoms with Crippen LogP contribution in [0.25, 0.3) is 0 Å². The van der Waals surface area contributed by atoms with Crippen molar-refractivity contribution in [2.45, 2.75) is 13.8 Å². The molecule has 1 radical (unpaired) electrons. The maximum atomic E-state index is 2.14. The molecule has 0 aliphatic carbocycles. The average Bonchev–Trinajstić information content (AvgIpc) is 1.83. The minimum absolute atomic E-state index is 1.39. The third kappa shape index (κ3) is 1.47. The van der Waals surface area contributed by atoms with E-state index in [0.717, 1.165) is 0 Å². The van der Waals surface area contributed by atoms with Gasteiger partial charge in [0.15, 0.2) is 0 Å². The summed E-state index contributed by atoms with van der Waals surface area (Å²) in [6, 6.07) is 6.38. The molecule has 0 N–H and O–H groups in total. The van der Waals surface area contributed by atoms with Crippen molar-refractivity contribution in [3.8, 4) is 0 Å². The first-order valence-electron chi connectivity index (χ1n) is 2.95. The Morgan fingerprint density at radius 1 is 1.11 bits per heavy atom. The van der Waals surface area contributed by atoms with Crippen molar-refractivity contribution < 1.29 is 0 Å². The van der Waals surface area contributed by atoms with Gasteiger partial charge in [-0.2, -0.15) is 0 Å². The van der Waals surface area contributed by atoms with E-state index < -0.39 is 0 Å². The summed E-state index contributed by atoms with van der Waals surface area (Å²) in [5.41, 5.74) is 2.78. The predicted molar refractivity (Wildman–Crippen MR) is 41.3 cm³/mol. The summed E-state index contributed by atoms with van der Waals surface area (Å²) in [6.07, 6.45) is 0. The first-order valence-corrected chi connectivity index (χ1v) is 4.11. The van der Waals surface area contributed by atoms with E-state index in [9.17, 15) is 0 Å². The van der Waals surface area contributed by atoms with Crippen molar-refractivity contribution in [3.63, 3.8) is 0 Å². The molecule has 0 heterocycles. The molecule has 0 saturated carbocycles. The third-order valence-electron chi connectivity index (χ3n) is 1.41. The van der Waals surface area contributed by atoms with Gasteiger partial charge < -0.3 is 0 Å². The van der Waals surface area contributed by atoms with Crippen molar-refractivity contribution in [1.29, 1.82) is 0 Å². The molecular weight excluding hydrogens is 224 g/mol. The van der Waals surface area contributed by atoms with Crippen molar-refractivity contribution in [3.05, 3.63) is 29.3 Å². The average molecular weight is 233 g/mol. The van der Waals surface area contributed by atoms with Crippen molar-refractivity contribution >= 4 is 25.9 Å². The van der Waals surface area contributed by atoms with Gasteiger partial charge in [0.2, 0.25) is 0 Å². The number of hydrogen-bond donors (Lipinski definition) is 0. The van der Waals surface area contributed by atoms with Crippen LogP contribution >= 0.6 is 0 Å². The topological polar surface area (TPSA) is 0 Å². The summed E-state index contributed by atoms with van der Waals surface area (Å²) >= 11 is 2.09. The van der Waals surface area contributed by atoms with E-state index >= 15 is 0 Å². The fourth-order valence-corrected chi connectivity index (χ4v) is 1.19. The van der Waals surface area contributed by atoms with Crippen molar-refractivity contribution in [2.75, 3.05) is 0 Å². The summed E-state index contributed by atoms with van der Waals surface area (Å²) in [7, 11) is 0. The van der Waals surface area contributed by atoms with Gasteiger partial charge in [-0.3, -0.25) is 0 Å². The van der Waals surface area contributed by atoms with Crippen LogP contribution in [0.15, 0.2) is 18.2 Å². The molecule has 1 heteroatoms. The summed E-state index contributed by atoms with van der Waals surface area (Å²) in [6.45, 7) is 4.29. The fourth-order valence-electron chi connectivity index (χ4n) is 0.799. The summed E-state index contributed by atoms with van der Waals surface area (Å²) < 4.78 is 1.42. The predicted octanol–water partition coefficient (Wildman–Crippen LogP) is 1.10. The number of aryl methyl sites for hydroxylation is 2. The van der Waals surface area contributed by atoms with Crippen LogP contribution in [0.5, 0.6) is 0 Å². The molecule has 9 heavy (non-hydrogen) atoms. The van der Waals surface area contributed by atoms with Crippen LogP contribution in [-0.4, -0.2) is 22.3 Å². The van der Waals surface area contributed by atoms with Gasteiger partial charge in [0.1, 0.15) is 0 Å². The quantitative estimate of drug-likeness (QED) is 0.588. The molecule has 0 saturated heterocycles. The van der Waals surface area contributed by atoms with Gasteiger partial charge in [0.05, 0.1) is 0 Å². The summed E-state index contributed by atoms with van der Waals surface area (Å²) in [4.78, 5) is 0. The van der Waals surface area contributed by atoms with Crippen LogP contribution in [-0.2, 0) is 0 Å². The van der Waals surface area contributed by atoms with Gasteiger partial charge in [-0.15, -0.1) is 0 Å². The van der Waals surface area contributed by atoms with Gasteiger partial charge >= 0.3 is 69.1 Å². The Morgan fingerprint density at radius 2 is 1.56 bits per heavy atom. The molecule has 0 bridgehead atoms. The molecule has 0 aliphatic rings. The second-order valence-corrected chi connectivity index (χ2v) is 3.39. The van der Waals surface area contributed by atoms with E-state index in [0.29, 0.717) is 0 Å². The number of benzene rings is 1. The Hall–Kier alpha value is 0.00961. The monoisotopic (exact) mass is 235 g/mol. The molecule has 0 spiro atoms. The van der Waals surface area contributed by atoms with Crippen LogP contribution in [0, 0.1) is 13.8 Å². The molecule has 1 rings (SSSR count). The Bertz CT molecular complexity index is 196. The Kier molecular flexibility index (Phi) is 2.16. The molecule has 0 atom stereocenters. The van der Waals surface area contributed by atoms with Crippen LogP contribution in [0.2, 0.25) is 0 Å². The zero-order valence-corrected chi connectivity index (χ0v) is 7.97. The van der Waals surface area contributed by atoms with Gasteiger partial charge in [-0.1, -0.05) is 0 Å². The number of hydrogen-bond acceptors (Lipinski definition) is 0. The second-order valence-electron chi connectivity index (χ2n) is 2.22. The van der Waals surface area contributed by atoms with Crippen LogP contribution in [0.3, 0.4) is 0 Å². The standard InChI is InChI=1S/C8H9Te/c1-6-4-3-5-7(2)8(6)9/h3-5H,1-2H3. The van der Waals surface area contributed by atoms with E-state index in [1.54, 1.807) is 0 Å². The van der Waals surface area contributed by atoms with Crippen LogP contribution in [0.1, 0.15) is 11.1 Å². The zero-order valence-electron chi connectivity index (χ0n) is 5.64. The van der Waals surface area contributed by atoms with Crippen LogP contribution in [0.4, 0.5) is 0 Å². The first-order chi connectivity index (χ1) is 4.22. The Labute approximate surface area is 69.2 Å².